The number of nitrogens with two attached hydrogens (primary N) is 1. The smallest absolute Gasteiger partial charge is 0.252 e. The van der Waals surface area contributed by atoms with Gasteiger partial charge in [0, 0.05) is 18.4 Å². The number of nitriles is 1. The van der Waals surface area contributed by atoms with Crippen molar-refractivity contribution in [2.45, 2.75) is 12.5 Å². The standard InChI is InChI=1S/C19H16FN5O/c20-14-3-1-2-13(7-14)17-6-12(9-21)11-24(17)15-4-5-25-18(8-15)16(10-23-25)19(22)26/h1-5,7-8,10,12,17H,6,11H2,(H2,22,26)/t12-,17-/m1/s1. The van der Waals surface area contributed by atoms with Crippen molar-refractivity contribution in [3.63, 3.8) is 0 Å². The number of anilines is 1. The predicted octanol–water partition coefficient (Wildman–Crippen LogP) is 2.66. The Morgan fingerprint density at radius 1 is 1.35 bits per heavy atom. The molecule has 1 fully saturated rings. The molecule has 4 rings (SSSR count). The van der Waals surface area contributed by atoms with E-state index in [1.165, 1.54) is 18.3 Å². The minimum atomic E-state index is -0.546. The van der Waals surface area contributed by atoms with Crippen LogP contribution < -0.4 is 10.6 Å². The maximum Gasteiger partial charge on any atom is 0.252 e. The van der Waals surface area contributed by atoms with Crippen molar-refractivity contribution in [1.29, 1.82) is 5.26 Å². The number of halogens is 1. The van der Waals surface area contributed by atoms with Gasteiger partial charge in [-0.3, -0.25) is 4.79 Å². The van der Waals surface area contributed by atoms with Crippen molar-refractivity contribution in [3.8, 4) is 6.07 Å². The van der Waals surface area contributed by atoms with Gasteiger partial charge in [-0.1, -0.05) is 12.1 Å². The van der Waals surface area contributed by atoms with Crippen molar-refractivity contribution in [2.24, 2.45) is 11.7 Å². The summed E-state index contributed by atoms with van der Waals surface area (Å²) in [6.45, 7) is 0.536. The highest BCUT2D eigenvalue weighted by Gasteiger charge is 2.33. The molecule has 2 N–H and O–H groups in total. The quantitative estimate of drug-likeness (QED) is 0.787. The number of amides is 1. The number of hydrogen-bond acceptors (Lipinski definition) is 4. The van der Waals surface area contributed by atoms with Crippen LogP contribution in [0.3, 0.4) is 0 Å². The van der Waals surface area contributed by atoms with E-state index in [2.05, 4.69) is 16.1 Å². The first kappa shape index (κ1) is 16.1. The summed E-state index contributed by atoms with van der Waals surface area (Å²) in [5, 5.41) is 13.5. The monoisotopic (exact) mass is 349 g/mol. The average molecular weight is 349 g/mol. The van der Waals surface area contributed by atoms with Gasteiger partial charge in [0.2, 0.25) is 0 Å². The number of benzene rings is 1. The van der Waals surface area contributed by atoms with Crippen LogP contribution in [0, 0.1) is 23.1 Å². The second-order valence-corrected chi connectivity index (χ2v) is 6.42. The lowest BCUT2D eigenvalue weighted by Crippen LogP contribution is -2.23. The van der Waals surface area contributed by atoms with Gasteiger partial charge in [-0.05, 0) is 36.2 Å². The van der Waals surface area contributed by atoms with Crippen LogP contribution in [0.4, 0.5) is 10.1 Å². The van der Waals surface area contributed by atoms with Crippen LogP contribution in [0.25, 0.3) is 5.52 Å². The highest BCUT2D eigenvalue weighted by molar-refractivity contribution is 5.99. The third kappa shape index (κ3) is 2.65. The Kier molecular flexibility index (Phi) is 3.81. The molecule has 3 aromatic rings. The molecule has 0 saturated carbocycles. The lowest BCUT2D eigenvalue weighted by Gasteiger charge is -2.27. The van der Waals surface area contributed by atoms with E-state index < -0.39 is 5.91 Å². The van der Waals surface area contributed by atoms with Crippen molar-refractivity contribution in [3.05, 3.63) is 65.7 Å². The van der Waals surface area contributed by atoms with E-state index in [0.29, 0.717) is 24.0 Å². The van der Waals surface area contributed by atoms with Crippen LogP contribution in [0.15, 0.2) is 48.8 Å². The Morgan fingerprint density at radius 2 is 2.19 bits per heavy atom. The number of carbonyl (C=O) groups excluding carboxylic acids is 1. The zero-order chi connectivity index (χ0) is 18.3. The van der Waals surface area contributed by atoms with E-state index in [9.17, 15) is 14.4 Å². The number of nitrogens with zero attached hydrogens (tertiary/aromatic N) is 4. The first-order chi connectivity index (χ1) is 12.6. The molecule has 0 bridgehead atoms. The largest absolute Gasteiger partial charge is 0.365 e. The normalized spacial score (nSPS) is 19.6. The molecule has 2 atom stereocenters. The number of pyridine rings is 1. The molecular formula is C19H16FN5O. The van der Waals surface area contributed by atoms with Gasteiger partial charge >= 0.3 is 0 Å². The summed E-state index contributed by atoms with van der Waals surface area (Å²) in [5.74, 6) is -1.000. The summed E-state index contributed by atoms with van der Waals surface area (Å²) in [7, 11) is 0. The Labute approximate surface area is 149 Å². The Bertz CT molecular complexity index is 1040. The van der Waals surface area contributed by atoms with Gasteiger partial charge < -0.3 is 10.6 Å². The maximum absolute atomic E-state index is 13.7. The fraction of sp³-hybridized carbons (Fsp3) is 0.211. The topological polar surface area (TPSA) is 87.4 Å². The fourth-order valence-electron chi connectivity index (χ4n) is 3.58. The van der Waals surface area contributed by atoms with Gasteiger partial charge in [0.15, 0.2) is 0 Å². The molecule has 26 heavy (non-hydrogen) atoms. The Morgan fingerprint density at radius 3 is 2.92 bits per heavy atom. The van der Waals surface area contributed by atoms with Gasteiger partial charge in [0.05, 0.1) is 35.3 Å². The number of fused-ring (bicyclic) bond motifs is 1. The van der Waals surface area contributed by atoms with E-state index in [4.69, 9.17) is 5.73 Å². The van der Waals surface area contributed by atoms with Crippen molar-refractivity contribution in [2.75, 3.05) is 11.4 Å². The van der Waals surface area contributed by atoms with Crippen LogP contribution in [-0.2, 0) is 0 Å². The van der Waals surface area contributed by atoms with Crippen LogP contribution in [0.5, 0.6) is 0 Å². The molecule has 1 amide bonds. The summed E-state index contributed by atoms with van der Waals surface area (Å²) < 4.78 is 15.3. The Hall–Kier alpha value is -3.40. The zero-order valence-electron chi connectivity index (χ0n) is 13.8. The van der Waals surface area contributed by atoms with E-state index in [0.717, 1.165) is 11.3 Å². The molecule has 0 aliphatic carbocycles. The first-order valence-electron chi connectivity index (χ1n) is 8.25. The third-order valence-electron chi connectivity index (χ3n) is 4.82. The lowest BCUT2D eigenvalue weighted by atomic mass is 10.0. The van der Waals surface area contributed by atoms with Gasteiger partial charge in [0.1, 0.15) is 5.82 Å². The summed E-state index contributed by atoms with van der Waals surface area (Å²) in [6, 6.07) is 12.4. The lowest BCUT2D eigenvalue weighted by molar-refractivity contribution is 0.100. The summed E-state index contributed by atoms with van der Waals surface area (Å²) in [6.07, 6.45) is 3.81. The maximum atomic E-state index is 13.7. The molecule has 6 nitrogen and oxygen atoms in total. The van der Waals surface area contributed by atoms with E-state index in [1.807, 2.05) is 18.2 Å². The molecule has 1 aliphatic heterocycles. The Balaban J connectivity index is 1.79. The van der Waals surface area contributed by atoms with E-state index in [1.54, 1.807) is 16.8 Å². The molecule has 7 heteroatoms. The second kappa shape index (κ2) is 6.15. The molecule has 0 spiro atoms. The molecule has 2 aromatic heterocycles. The molecule has 0 unspecified atom stereocenters. The number of primary amides is 1. The minimum Gasteiger partial charge on any atom is -0.365 e. The van der Waals surface area contributed by atoms with E-state index in [-0.39, 0.29) is 17.8 Å². The first-order valence-corrected chi connectivity index (χ1v) is 8.25. The SMILES string of the molecule is N#C[C@H]1C[C@H](c2cccc(F)c2)N(c2ccn3ncc(C(N)=O)c3c2)C1. The van der Waals surface area contributed by atoms with Crippen LogP contribution in [0.2, 0.25) is 0 Å². The van der Waals surface area contributed by atoms with Crippen LogP contribution in [0.1, 0.15) is 28.4 Å². The molecule has 1 saturated heterocycles. The zero-order valence-corrected chi connectivity index (χ0v) is 13.8. The van der Waals surface area contributed by atoms with Gasteiger partial charge in [0.25, 0.3) is 5.91 Å². The molecule has 3 heterocycles. The summed E-state index contributed by atoms with van der Waals surface area (Å²) in [4.78, 5) is 13.7. The van der Waals surface area contributed by atoms with Gasteiger partial charge in [-0.15, -0.1) is 0 Å². The van der Waals surface area contributed by atoms with Crippen molar-refractivity contribution < 1.29 is 9.18 Å². The molecular weight excluding hydrogens is 333 g/mol. The van der Waals surface area contributed by atoms with Crippen molar-refractivity contribution >= 4 is 17.1 Å². The molecule has 1 aromatic carbocycles. The third-order valence-corrected chi connectivity index (χ3v) is 4.82. The number of hydrogen-bond donors (Lipinski definition) is 1. The number of rotatable bonds is 3. The summed E-state index contributed by atoms with van der Waals surface area (Å²) in [5.41, 5.74) is 8.02. The number of aromatic nitrogens is 2. The highest BCUT2D eigenvalue weighted by atomic mass is 19.1. The predicted molar refractivity (Wildman–Crippen MR) is 93.9 cm³/mol. The molecule has 130 valence electrons. The summed E-state index contributed by atoms with van der Waals surface area (Å²) >= 11 is 0. The minimum absolute atomic E-state index is 0.113. The molecule has 1 aliphatic rings. The number of carbonyl (C=O) groups is 1. The molecule has 0 radical (unpaired) electrons. The van der Waals surface area contributed by atoms with Crippen LogP contribution >= 0.6 is 0 Å². The van der Waals surface area contributed by atoms with Crippen molar-refractivity contribution in [1.82, 2.24) is 9.61 Å². The van der Waals surface area contributed by atoms with Crippen LogP contribution in [-0.4, -0.2) is 22.1 Å². The fourth-order valence-corrected chi connectivity index (χ4v) is 3.58. The van der Waals surface area contributed by atoms with E-state index >= 15 is 0 Å². The highest BCUT2D eigenvalue weighted by Crippen LogP contribution is 2.39. The van der Waals surface area contributed by atoms with Gasteiger partial charge in [-0.25, -0.2) is 8.91 Å². The average Bonchev–Trinajstić information content (AvgIpc) is 3.25. The second-order valence-electron chi connectivity index (χ2n) is 6.42. The van der Waals surface area contributed by atoms with Gasteiger partial charge in [-0.2, -0.15) is 10.4 Å².